The molecule has 0 saturated heterocycles. The van der Waals surface area contributed by atoms with Gasteiger partial charge in [-0.15, -0.1) is 0 Å². The van der Waals surface area contributed by atoms with Gasteiger partial charge in [-0.3, -0.25) is 20.4 Å². The van der Waals surface area contributed by atoms with Crippen molar-refractivity contribution in [1.82, 2.24) is 10.1 Å². The number of amides is 3. The van der Waals surface area contributed by atoms with Crippen LogP contribution in [-0.4, -0.2) is 30.8 Å². The van der Waals surface area contributed by atoms with Crippen LogP contribution in [0.15, 0.2) is 24.3 Å². The van der Waals surface area contributed by atoms with Gasteiger partial charge in [0.05, 0.1) is 12.3 Å². The van der Waals surface area contributed by atoms with E-state index in [0.717, 1.165) is 0 Å². The van der Waals surface area contributed by atoms with Crippen LogP contribution in [0.2, 0.25) is 0 Å². The van der Waals surface area contributed by atoms with Gasteiger partial charge in [-0.2, -0.15) is 0 Å². The fraction of sp³-hybridized carbons (Fsp3) is 0.250. The minimum absolute atomic E-state index is 0.130. The van der Waals surface area contributed by atoms with Crippen LogP contribution in [0.5, 0.6) is 0 Å². The predicted molar refractivity (Wildman–Crippen MR) is 80.5 cm³/mol. The Morgan fingerprint density at radius 2 is 1.76 bits per heavy atom. The molecule has 0 heterocycles. The molecular weight excluding hydrogens is 296 g/mol. The fourth-order valence-electron chi connectivity index (χ4n) is 1.26. The number of hydrazine groups is 1. The molecule has 4 N–H and O–H groups in total. The fourth-order valence-corrected chi connectivity index (χ4v) is 1.50. The Kier molecular flexibility index (Phi) is 6.88. The first-order valence-electron chi connectivity index (χ1n) is 6.00. The lowest BCUT2D eigenvalue weighted by Crippen LogP contribution is -2.36. The van der Waals surface area contributed by atoms with Gasteiger partial charge < -0.3 is 10.1 Å². The van der Waals surface area contributed by atoms with Gasteiger partial charge in [-0.1, -0.05) is 11.9 Å². The Hall–Kier alpha value is -2.42. The maximum atomic E-state index is 11.3. The molecule has 0 aliphatic carbocycles. The Balaban J connectivity index is 2.46. The lowest BCUT2D eigenvalue weighted by molar-refractivity contribution is -0.154. The average Bonchev–Trinajstić information content (AvgIpc) is 2.46. The van der Waals surface area contributed by atoms with E-state index in [9.17, 15) is 14.4 Å². The van der Waals surface area contributed by atoms with Crippen LogP contribution in [0.4, 0.5) is 16.2 Å². The van der Waals surface area contributed by atoms with E-state index in [1.807, 2.05) is 0 Å². The van der Waals surface area contributed by atoms with Crippen LogP contribution < -0.4 is 20.9 Å². The van der Waals surface area contributed by atoms with E-state index < -0.39 is 11.9 Å². The SMILES string of the molecule is CCOC(=O)C(=O)NNc1ccc(NC(=O)NSC)cc1. The van der Waals surface area contributed by atoms with Gasteiger partial charge in [0.25, 0.3) is 0 Å². The zero-order valence-corrected chi connectivity index (χ0v) is 12.4. The van der Waals surface area contributed by atoms with Crippen molar-refractivity contribution < 1.29 is 19.1 Å². The van der Waals surface area contributed by atoms with Gasteiger partial charge in [-0.05, 0) is 31.2 Å². The topological polar surface area (TPSA) is 109 Å². The molecule has 1 aromatic rings. The van der Waals surface area contributed by atoms with Crippen LogP contribution in [-0.2, 0) is 14.3 Å². The van der Waals surface area contributed by atoms with Crippen LogP contribution in [0.3, 0.4) is 0 Å². The Morgan fingerprint density at radius 3 is 2.33 bits per heavy atom. The van der Waals surface area contributed by atoms with Crippen molar-refractivity contribution in [3.05, 3.63) is 24.3 Å². The summed E-state index contributed by atoms with van der Waals surface area (Å²) in [4.78, 5) is 33.6. The van der Waals surface area contributed by atoms with Gasteiger partial charge in [0.1, 0.15) is 0 Å². The van der Waals surface area contributed by atoms with E-state index in [1.54, 1.807) is 37.4 Å². The maximum Gasteiger partial charge on any atom is 0.398 e. The summed E-state index contributed by atoms with van der Waals surface area (Å²) in [5.41, 5.74) is 5.89. The molecule has 114 valence electrons. The van der Waals surface area contributed by atoms with Crippen LogP contribution >= 0.6 is 11.9 Å². The van der Waals surface area contributed by atoms with Crippen molar-refractivity contribution in [2.45, 2.75) is 6.92 Å². The number of rotatable bonds is 5. The summed E-state index contributed by atoms with van der Waals surface area (Å²) in [6.45, 7) is 1.74. The molecule has 0 spiro atoms. The number of hydrogen-bond donors (Lipinski definition) is 4. The highest BCUT2D eigenvalue weighted by molar-refractivity contribution is 7.97. The first kappa shape index (κ1) is 16.6. The third-order valence-electron chi connectivity index (χ3n) is 2.12. The van der Waals surface area contributed by atoms with Crippen molar-refractivity contribution >= 4 is 41.2 Å². The summed E-state index contributed by atoms with van der Waals surface area (Å²) < 4.78 is 7.05. The van der Waals surface area contributed by atoms with E-state index >= 15 is 0 Å². The van der Waals surface area contributed by atoms with Gasteiger partial charge in [0, 0.05) is 11.9 Å². The number of urea groups is 1. The normalized spacial score (nSPS) is 9.43. The summed E-state index contributed by atoms with van der Waals surface area (Å²) in [5.74, 6) is -1.85. The number of anilines is 2. The molecule has 1 rings (SSSR count). The Morgan fingerprint density at radius 1 is 1.14 bits per heavy atom. The summed E-state index contributed by atoms with van der Waals surface area (Å²) >= 11 is 1.18. The van der Waals surface area contributed by atoms with Crippen molar-refractivity contribution in [3.63, 3.8) is 0 Å². The summed E-state index contributed by atoms with van der Waals surface area (Å²) in [7, 11) is 0. The average molecular weight is 312 g/mol. The number of benzene rings is 1. The summed E-state index contributed by atoms with van der Waals surface area (Å²) in [6.07, 6.45) is 1.73. The van der Waals surface area contributed by atoms with Crippen LogP contribution in [0, 0.1) is 0 Å². The molecule has 0 atom stereocenters. The van der Waals surface area contributed by atoms with Crippen molar-refractivity contribution in [1.29, 1.82) is 0 Å². The number of ether oxygens (including phenoxy) is 1. The standard InChI is InChI=1S/C12H16N4O4S/c1-3-20-11(18)10(17)15-14-9-6-4-8(5-7-9)13-12(19)16-21-2/h4-7,14H,3H2,1-2H3,(H,15,17)(H2,13,16,19). The van der Waals surface area contributed by atoms with E-state index in [-0.39, 0.29) is 12.6 Å². The van der Waals surface area contributed by atoms with E-state index in [2.05, 4.69) is 25.6 Å². The third kappa shape index (κ3) is 6.04. The molecule has 0 aliphatic heterocycles. The Bertz CT molecular complexity index is 506. The number of nitrogens with one attached hydrogen (secondary N) is 4. The maximum absolute atomic E-state index is 11.3. The molecule has 8 nitrogen and oxygen atoms in total. The predicted octanol–water partition coefficient (Wildman–Crippen LogP) is 1.09. The molecule has 0 radical (unpaired) electrons. The Labute approximate surface area is 126 Å². The minimum atomic E-state index is -0.961. The molecule has 3 amide bonds. The third-order valence-corrected chi connectivity index (χ3v) is 2.51. The smallest absolute Gasteiger partial charge is 0.398 e. The molecule has 0 unspecified atom stereocenters. The monoisotopic (exact) mass is 312 g/mol. The molecule has 0 bridgehead atoms. The highest BCUT2D eigenvalue weighted by atomic mass is 32.2. The molecule has 0 aromatic heterocycles. The highest BCUT2D eigenvalue weighted by Crippen LogP contribution is 2.12. The summed E-state index contributed by atoms with van der Waals surface area (Å²) in [5, 5.41) is 2.61. The van der Waals surface area contributed by atoms with E-state index in [1.165, 1.54) is 11.9 Å². The first-order valence-corrected chi connectivity index (χ1v) is 7.22. The number of esters is 1. The molecule has 1 aromatic carbocycles. The minimum Gasteiger partial charge on any atom is -0.459 e. The van der Waals surface area contributed by atoms with Gasteiger partial charge in [0.15, 0.2) is 0 Å². The van der Waals surface area contributed by atoms with Gasteiger partial charge >= 0.3 is 17.9 Å². The number of hydrogen-bond acceptors (Lipinski definition) is 6. The van der Waals surface area contributed by atoms with Gasteiger partial charge in [0.2, 0.25) is 0 Å². The quantitative estimate of drug-likeness (QED) is 0.280. The van der Waals surface area contributed by atoms with E-state index in [0.29, 0.717) is 11.4 Å². The van der Waals surface area contributed by atoms with Crippen LogP contribution in [0.25, 0.3) is 0 Å². The second-order valence-corrected chi connectivity index (χ2v) is 4.25. The van der Waals surface area contributed by atoms with Crippen molar-refractivity contribution in [2.75, 3.05) is 23.6 Å². The second kappa shape index (κ2) is 8.69. The van der Waals surface area contributed by atoms with E-state index in [4.69, 9.17) is 0 Å². The molecule has 21 heavy (non-hydrogen) atoms. The number of carbonyl (C=O) groups is 3. The zero-order valence-electron chi connectivity index (χ0n) is 11.6. The first-order chi connectivity index (χ1) is 10.1. The molecule has 9 heteroatoms. The lowest BCUT2D eigenvalue weighted by Gasteiger charge is -2.09. The van der Waals surface area contributed by atoms with Crippen molar-refractivity contribution in [2.24, 2.45) is 0 Å². The molecule has 0 aliphatic rings. The van der Waals surface area contributed by atoms with Crippen molar-refractivity contribution in [3.8, 4) is 0 Å². The second-order valence-electron chi connectivity index (χ2n) is 3.64. The highest BCUT2D eigenvalue weighted by Gasteiger charge is 2.13. The lowest BCUT2D eigenvalue weighted by atomic mass is 10.3. The van der Waals surface area contributed by atoms with Gasteiger partial charge in [-0.25, -0.2) is 9.59 Å². The van der Waals surface area contributed by atoms with Crippen LogP contribution in [0.1, 0.15) is 6.92 Å². The molecular formula is C12H16N4O4S. The summed E-state index contributed by atoms with van der Waals surface area (Å²) in [6, 6.07) is 6.19. The molecule has 0 fully saturated rings. The zero-order chi connectivity index (χ0) is 15.7. The largest absolute Gasteiger partial charge is 0.459 e. The molecule has 0 saturated carbocycles. The number of carbonyl (C=O) groups excluding carboxylic acids is 3.